The van der Waals surface area contributed by atoms with Crippen LogP contribution in [0.25, 0.3) is 0 Å². The maximum atomic E-state index is 14.9. The van der Waals surface area contributed by atoms with Crippen LogP contribution in [-0.4, -0.2) is 49.9 Å². The number of hydrogen-bond acceptors (Lipinski definition) is 5. The van der Waals surface area contributed by atoms with Gasteiger partial charge in [0.05, 0.1) is 19.3 Å². The first-order valence-corrected chi connectivity index (χ1v) is 11.2. The lowest BCUT2D eigenvalue weighted by molar-refractivity contribution is -0.0344. The van der Waals surface area contributed by atoms with Crippen LogP contribution in [0, 0.1) is 6.92 Å². The molecule has 7 nitrogen and oxygen atoms in total. The van der Waals surface area contributed by atoms with Gasteiger partial charge in [-0.25, -0.2) is 22.9 Å². The number of nitrogens with zero attached hydrogens (tertiary/aromatic N) is 4. The molecule has 2 aliphatic rings. The Kier molecular flexibility index (Phi) is 6.85. The number of benzene rings is 1. The van der Waals surface area contributed by atoms with Crippen molar-refractivity contribution >= 4 is 0 Å². The van der Waals surface area contributed by atoms with Crippen LogP contribution in [0.15, 0.2) is 33.9 Å². The van der Waals surface area contributed by atoms with Gasteiger partial charge in [-0.3, -0.25) is 9.47 Å². The zero-order valence-electron chi connectivity index (χ0n) is 18.5. The normalized spacial score (nSPS) is 24.1. The minimum atomic E-state index is -1.35. The monoisotopic (exact) mass is 448 g/mol. The van der Waals surface area contributed by atoms with Crippen LogP contribution in [0.5, 0.6) is 0 Å². The molecule has 0 spiro atoms. The van der Waals surface area contributed by atoms with Gasteiger partial charge in [0.1, 0.15) is 18.7 Å². The highest BCUT2D eigenvalue weighted by molar-refractivity contribution is 5.25. The SMILES string of the molecule is Cc1nc(=O)n(C[C@@H](F)CN2C3CCC2CC(OCc2ccccc2CF)C3)c(=O)n1C. The summed E-state index contributed by atoms with van der Waals surface area (Å²) in [6.45, 7) is 1.32. The smallest absolute Gasteiger partial charge is 0.353 e. The standard InChI is InChI=1S/C23H30F2N4O3/c1-15-26-22(30)29(23(31)27(15)2)13-18(25)12-28-19-7-8-20(28)10-21(9-19)32-14-17-6-4-3-5-16(17)11-24/h3-6,18-21H,7-14H2,1-2H3/t18-,19?,20?,21?/m0/s1. The fourth-order valence-electron chi connectivity index (χ4n) is 5.01. The molecule has 4 rings (SSSR count). The van der Waals surface area contributed by atoms with Crippen molar-refractivity contribution in [2.75, 3.05) is 6.54 Å². The number of aryl methyl sites for hydroxylation is 1. The third-order valence-electron chi connectivity index (χ3n) is 6.86. The van der Waals surface area contributed by atoms with Crippen molar-refractivity contribution < 1.29 is 13.5 Å². The summed E-state index contributed by atoms with van der Waals surface area (Å²) in [4.78, 5) is 30.4. The van der Waals surface area contributed by atoms with Crippen molar-refractivity contribution in [1.82, 2.24) is 19.0 Å². The van der Waals surface area contributed by atoms with Gasteiger partial charge in [-0.2, -0.15) is 4.98 Å². The lowest BCUT2D eigenvalue weighted by Crippen LogP contribution is -2.50. The average molecular weight is 449 g/mol. The van der Waals surface area contributed by atoms with E-state index >= 15 is 0 Å². The summed E-state index contributed by atoms with van der Waals surface area (Å²) in [6, 6.07) is 7.79. The van der Waals surface area contributed by atoms with Crippen molar-refractivity contribution in [1.29, 1.82) is 0 Å². The third kappa shape index (κ3) is 4.68. The molecule has 1 aromatic carbocycles. The van der Waals surface area contributed by atoms with E-state index in [1.54, 1.807) is 13.0 Å². The molecule has 2 saturated heterocycles. The molecule has 3 heterocycles. The van der Waals surface area contributed by atoms with Crippen LogP contribution < -0.4 is 11.4 Å². The first kappa shape index (κ1) is 22.8. The van der Waals surface area contributed by atoms with E-state index in [0.717, 1.165) is 35.8 Å². The fourth-order valence-corrected chi connectivity index (χ4v) is 5.01. The molecule has 0 aliphatic carbocycles. The summed E-state index contributed by atoms with van der Waals surface area (Å²) in [5, 5.41) is 0. The van der Waals surface area contributed by atoms with Crippen molar-refractivity contribution in [3.63, 3.8) is 0 Å². The molecule has 0 saturated carbocycles. The predicted octanol–water partition coefficient (Wildman–Crippen LogP) is 2.27. The first-order valence-electron chi connectivity index (χ1n) is 11.2. The van der Waals surface area contributed by atoms with Gasteiger partial charge in [0, 0.05) is 25.7 Å². The highest BCUT2D eigenvalue weighted by Crippen LogP contribution is 2.37. The Morgan fingerprint density at radius 3 is 2.44 bits per heavy atom. The molecule has 2 aliphatic heterocycles. The summed E-state index contributed by atoms with van der Waals surface area (Å²) < 4.78 is 36.3. The number of alkyl halides is 2. The predicted molar refractivity (Wildman–Crippen MR) is 116 cm³/mol. The summed E-state index contributed by atoms with van der Waals surface area (Å²) in [5.74, 6) is 0.306. The number of piperidine rings is 1. The number of halogens is 2. The molecule has 2 aromatic rings. The number of aromatic nitrogens is 3. The Morgan fingerprint density at radius 2 is 1.78 bits per heavy atom. The minimum Gasteiger partial charge on any atom is -0.373 e. The zero-order chi connectivity index (χ0) is 22.8. The van der Waals surface area contributed by atoms with Gasteiger partial charge in [0.2, 0.25) is 0 Å². The fraction of sp³-hybridized carbons (Fsp3) is 0.609. The summed E-state index contributed by atoms with van der Waals surface area (Å²) in [6.07, 6.45) is 2.27. The molecule has 0 N–H and O–H groups in total. The van der Waals surface area contributed by atoms with E-state index in [1.807, 2.05) is 18.2 Å². The van der Waals surface area contributed by atoms with Crippen molar-refractivity contribution in [2.45, 2.75) is 76.8 Å². The molecule has 2 fully saturated rings. The lowest BCUT2D eigenvalue weighted by Gasteiger charge is -2.39. The Morgan fingerprint density at radius 1 is 1.12 bits per heavy atom. The van der Waals surface area contributed by atoms with Gasteiger partial charge in [0.25, 0.3) is 0 Å². The van der Waals surface area contributed by atoms with Crippen LogP contribution in [0.3, 0.4) is 0 Å². The molecule has 2 bridgehead atoms. The highest BCUT2D eigenvalue weighted by Gasteiger charge is 2.42. The van der Waals surface area contributed by atoms with E-state index in [9.17, 15) is 18.4 Å². The average Bonchev–Trinajstić information content (AvgIpc) is 3.01. The summed E-state index contributed by atoms with van der Waals surface area (Å²) >= 11 is 0. The highest BCUT2D eigenvalue weighted by atomic mass is 19.1. The van der Waals surface area contributed by atoms with Crippen LogP contribution in [0.2, 0.25) is 0 Å². The molecule has 0 radical (unpaired) electrons. The van der Waals surface area contributed by atoms with Crippen LogP contribution in [0.1, 0.15) is 42.6 Å². The van der Waals surface area contributed by atoms with Gasteiger partial charge < -0.3 is 4.74 Å². The Hall–Kier alpha value is -2.39. The molecular weight excluding hydrogens is 418 g/mol. The second-order valence-electron chi connectivity index (χ2n) is 8.88. The molecule has 1 aromatic heterocycles. The van der Waals surface area contributed by atoms with E-state index in [-0.39, 0.29) is 31.3 Å². The van der Waals surface area contributed by atoms with E-state index < -0.39 is 24.2 Å². The van der Waals surface area contributed by atoms with Gasteiger partial charge >= 0.3 is 11.4 Å². The van der Waals surface area contributed by atoms with Crippen molar-refractivity contribution in [3.8, 4) is 0 Å². The molecular formula is C23H30F2N4O3. The molecule has 3 atom stereocenters. The maximum Gasteiger partial charge on any atom is 0.353 e. The van der Waals surface area contributed by atoms with Crippen molar-refractivity contribution in [2.24, 2.45) is 7.05 Å². The Labute approximate surface area is 185 Å². The molecule has 0 amide bonds. The molecule has 32 heavy (non-hydrogen) atoms. The van der Waals surface area contributed by atoms with Gasteiger partial charge in [-0.15, -0.1) is 0 Å². The molecule has 174 valence electrons. The van der Waals surface area contributed by atoms with Crippen LogP contribution in [-0.2, 0) is 31.6 Å². The van der Waals surface area contributed by atoms with Gasteiger partial charge in [0.15, 0.2) is 0 Å². The number of rotatable bonds is 8. The third-order valence-corrected chi connectivity index (χ3v) is 6.86. The van der Waals surface area contributed by atoms with Crippen molar-refractivity contribution in [3.05, 3.63) is 62.2 Å². The Balaban J connectivity index is 1.35. The molecule has 2 unspecified atom stereocenters. The second-order valence-corrected chi connectivity index (χ2v) is 8.88. The molecule has 9 heteroatoms. The number of fused-ring (bicyclic) bond motifs is 2. The van der Waals surface area contributed by atoms with E-state index in [2.05, 4.69) is 9.88 Å². The number of hydrogen-bond donors (Lipinski definition) is 0. The topological polar surface area (TPSA) is 69.4 Å². The Bertz CT molecular complexity index is 1060. The van der Waals surface area contributed by atoms with Crippen LogP contribution >= 0.6 is 0 Å². The van der Waals surface area contributed by atoms with Gasteiger partial charge in [-0.05, 0) is 43.7 Å². The largest absolute Gasteiger partial charge is 0.373 e. The summed E-state index contributed by atoms with van der Waals surface area (Å²) in [5.41, 5.74) is 0.262. The van der Waals surface area contributed by atoms with E-state index in [4.69, 9.17) is 4.74 Å². The van der Waals surface area contributed by atoms with Crippen LogP contribution in [0.4, 0.5) is 8.78 Å². The number of ether oxygens (including phenoxy) is 1. The lowest BCUT2D eigenvalue weighted by atomic mass is 9.99. The minimum absolute atomic E-state index is 0.0608. The quantitative estimate of drug-likeness (QED) is 0.620. The van der Waals surface area contributed by atoms with E-state index in [1.165, 1.54) is 11.6 Å². The van der Waals surface area contributed by atoms with Gasteiger partial charge in [-0.1, -0.05) is 24.3 Å². The maximum absolute atomic E-state index is 14.9. The second kappa shape index (κ2) is 9.62. The first-order chi connectivity index (χ1) is 15.4. The summed E-state index contributed by atoms with van der Waals surface area (Å²) in [7, 11) is 1.52. The zero-order valence-corrected chi connectivity index (χ0v) is 18.5. The van der Waals surface area contributed by atoms with E-state index in [0.29, 0.717) is 18.0 Å².